The molecular weight excluding hydrogens is 216 g/mol. The standard InChI is InChI=1S/C12H22N4O/c1-3-4-11-14-12(17-15-11)8-16-6-5-9(2)10(13)7-16/h9-10H,3-8,13H2,1-2H3. The number of nitrogens with zero attached hydrogens (tertiary/aromatic N) is 3. The van der Waals surface area contributed by atoms with Gasteiger partial charge in [-0.05, 0) is 25.3 Å². The summed E-state index contributed by atoms with van der Waals surface area (Å²) >= 11 is 0. The molecule has 0 bridgehead atoms. The van der Waals surface area contributed by atoms with E-state index in [0.29, 0.717) is 5.92 Å². The highest BCUT2D eigenvalue weighted by molar-refractivity contribution is 4.88. The lowest BCUT2D eigenvalue weighted by Gasteiger charge is -2.34. The summed E-state index contributed by atoms with van der Waals surface area (Å²) in [5.74, 6) is 2.15. The van der Waals surface area contributed by atoms with Crippen LogP contribution in [0.2, 0.25) is 0 Å². The van der Waals surface area contributed by atoms with Crippen LogP contribution in [-0.4, -0.2) is 34.2 Å². The van der Waals surface area contributed by atoms with E-state index in [-0.39, 0.29) is 6.04 Å². The van der Waals surface area contributed by atoms with Crippen molar-refractivity contribution in [1.29, 1.82) is 0 Å². The van der Waals surface area contributed by atoms with Crippen molar-refractivity contribution in [1.82, 2.24) is 15.0 Å². The highest BCUT2D eigenvalue weighted by atomic mass is 16.5. The van der Waals surface area contributed by atoms with Gasteiger partial charge in [-0.2, -0.15) is 4.98 Å². The van der Waals surface area contributed by atoms with Crippen LogP contribution < -0.4 is 5.73 Å². The van der Waals surface area contributed by atoms with Gasteiger partial charge >= 0.3 is 0 Å². The van der Waals surface area contributed by atoms with Gasteiger partial charge in [-0.1, -0.05) is 19.0 Å². The van der Waals surface area contributed by atoms with E-state index < -0.39 is 0 Å². The van der Waals surface area contributed by atoms with Crippen molar-refractivity contribution in [2.24, 2.45) is 11.7 Å². The van der Waals surface area contributed by atoms with Gasteiger partial charge in [0.15, 0.2) is 5.82 Å². The molecule has 0 aromatic carbocycles. The van der Waals surface area contributed by atoms with Gasteiger partial charge < -0.3 is 10.3 Å². The van der Waals surface area contributed by atoms with Gasteiger partial charge in [-0.15, -0.1) is 0 Å². The van der Waals surface area contributed by atoms with E-state index >= 15 is 0 Å². The van der Waals surface area contributed by atoms with E-state index in [0.717, 1.165) is 50.6 Å². The van der Waals surface area contributed by atoms with Crippen molar-refractivity contribution in [3.05, 3.63) is 11.7 Å². The van der Waals surface area contributed by atoms with Gasteiger partial charge in [0.25, 0.3) is 0 Å². The van der Waals surface area contributed by atoms with Crippen molar-refractivity contribution in [2.45, 2.75) is 45.7 Å². The first-order chi connectivity index (χ1) is 8.19. The van der Waals surface area contributed by atoms with Crippen molar-refractivity contribution >= 4 is 0 Å². The highest BCUT2D eigenvalue weighted by Gasteiger charge is 2.24. The van der Waals surface area contributed by atoms with E-state index in [1.165, 1.54) is 0 Å². The molecule has 1 fully saturated rings. The van der Waals surface area contributed by atoms with Crippen LogP contribution >= 0.6 is 0 Å². The minimum atomic E-state index is 0.266. The zero-order valence-corrected chi connectivity index (χ0v) is 10.7. The van der Waals surface area contributed by atoms with Crippen molar-refractivity contribution in [3.8, 4) is 0 Å². The number of hydrogen-bond acceptors (Lipinski definition) is 5. The Morgan fingerprint density at radius 2 is 2.35 bits per heavy atom. The van der Waals surface area contributed by atoms with Crippen LogP contribution in [-0.2, 0) is 13.0 Å². The minimum Gasteiger partial charge on any atom is -0.338 e. The summed E-state index contributed by atoms with van der Waals surface area (Å²) in [6.07, 6.45) is 3.09. The number of nitrogens with two attached hydrogens (primary N) is 1. The Morgan fingerprint density at radius 1 is 1.53 bits per heavy atom. The SMILES string of the molecule is CCCc1noc(CN2CCC(C)C(N)C2)n1. The predicted molar refractivity (Wildman–Crippen MR) is 65.3 cm³/mol. The third kappa shape index (κ3) is 3.26. The second-order valence-electron chi connectivity index (χ2n) is 5.02. The first-order valence-electron chi connectivity index (χ1n) is 6.48. The lowest BCUT2D eigenvalue weighted by atomic mass is 9.94. The van der Waals surface area contributed by atoms with Gasteiger partial charge in [0.1, 0.15) is 0 Å². The molecule has 1 aliphatic heterocycles. The molecule has 0 amide bonds. The highest BCUT2D eigenvalue weighted by Crippen LogP contribution is 2.17. The fourth-order valence-electron chi connectivity index (χ4n) is 2.18. The summed E-state index contributed by atoms with van der Waals surface area (Å²) in [5, 5.41) is 3.96. The molecule has 2 heterocycles. The number of hydrogen-bond donors (Lipinski definition) is 1. The summed E-state index contributed by atoms with van der Waals surface area (Å²) in [5.41, 5.74) is 6.07. The number of aromatic nitrogens is 2. The number of rotatable bonds is 4. The first-order valence-corrected chi connectivity index (χ1v) is 6.48. The van der Waals surface area contributed by atoms with Gasteiger partial charge in [0.2, 0.25) is 5.89 Å². The van der Waals surface area contributed by atoms with Gasteiger partial charge in [0.05, 0.1) is 6.54 Å². The molecule has 1 saturated heterocycles. The molecule has 1 aromatic rings. The molecule has 0 aliphatic carbocycles. The van der Waals surface area contributed by atoms with Crippen molar-refractivity contribution < 1.29 is 4.52 Å². The van der Waals surface area contributed by atoms with E-state index in [2.05, 4.69) is 28.9 Å². The smallest absolute Gasteiger partial charge is 0.240 e. The summed E-state index contributed by atoms with van der Waals surface area (Å²) < 4.78 is 5.24. The monoisotopic (exact) mass is 238 g/mol. The van der Waals surface area contributed by atoms with Gasteiger partial charge in [-0.3, -0.25) is 4.90 Å². The quantitative estimate of drug-likeness (QED) is 0.853. The van der Waals surface area contributed by atoms with Crippen LogP contribution in [0.1, 0.15) is 38.4 Å². The zero-order valence-electron chi connectivity index (χ0n) is 10.7. The maximum atomic E-state index is 6.07. The Bertz CT molecular complexity index is 352. The Kier molecular flexibility index (Phi) is 4.12. The first kappa shape index (κ1) is 12.5. The van der Waals surface area contributed by atoms with Gasteiger partial charge in [-0.25, -0.2) is 0 Å². The normalized spacial score (nSPS) is 26.3. The van der Waals surface area contributed by atoms with Crippen LogP contribution in [0.15, 0.2) is 4.52 Å². The Balaban J connectivity index is 1.87. The number of piperidine rings is 1. The summed E-state index contributed by atoms with van der Waals surface area (Å²) in [4.78, 5) is 6.68. The van der Waals surface area contributed by atoms with Crippen LogP contribution in [0.5, 0.6) is 0 Å². The lowest BCUT2D eigenvalue weighted by molar-refractivity contribution is 0.146. The molecule has 17 heavy (non-hydrogen) atoms. The largest absolute Gasteiger partial charge is 0.338 e. The Labute approximate surface area is 102 Å². The molecule has 0 radical (unpaired) electrons. The summed E-state index contributed by atoms with van der Waals surface area (Å²) in [7, 11) is 0. The average Bonchev–Trinajstić information content (AvgIpc) is 2.72. The van der Waals surface area contributed by atoms with Crippen LogP contribution in [0.25, 0.3) is 0 Å². The third-order valence-corrected chi connectivity index (χ3v) is 3.44. The van der Waals surface area contributed by atoms with Crippen molar-refractivity contribution in [2.75, 3.05) is 13.1 Å². The second kappa shape index (κ2) is 5.60. The second-order valence-corrected chi connectivity index (χ2v) is 5.02. The number of aryl methyl sites for hydroxylation is 1. The van der Waals surface area contributed by atoms with Crippen LogP contribution in [0.3, 0.4) is 0 Å². The lowest BCUT2D eigenvalue weighted by Crippen LogP contribution is -2.47. The summed E-state index contributed by atoms with van der Waals surface area (Å²) in [6.45, 7) is 7.05. The molecule has 2 rings (SSSR count). The van der Waals surface area contributed by atoms with E-state index in [1.807, 2.05) is 0 Å². The molecule has 2 atom stereocenters. The predicted octanol–water partition coefficient (Wildman–Crippen LogP) is 1.19. The fourth-order valence-corrected chi connectivity index (χ4v) is 2.18. The molecule has 5 nitrogen and oxygen atoms in total. The van der Waals surface area contributed by atoms with E-state index in [9.17, 15) is 0 Å². The molecule has 2 unspecified atom stereocenters. The van der Waals surface area contributed by atoms with E-state index in [1.54, 1.807) is 0 Å². The molecule has 0 saturated carbocycles. The summed E-state index contributed by atoms with van der Waals surface area (Å²) in [6, 6.07) is 0.266. The minimum absolute atomic E-state index is 0.266. The van der Waals surface area contributed by atoms with E-state index in [4.69, 9.17) is 10.3 Å². The number of likely N-dealkylation sites (tertiary alicyclic amines) is 1. The average molecular weight is 238 g/mol. The molecule has 2 N–H and O–H groups in total. The fraction of sp³-hybridized carbons (Fsp3) is 0.833. The Hall–Kier alpha value is -0.940. The maximum Gasteiger partial charge on any atom is 0.240 e. The van der Waals surface area contributed by atoms with Crippen LogP contribution in [0.4, 0.5) is 0 Å². The molecule has 0 spiro atoms. The third-order valence-electron chi connectivity index (χ3n) is 3.44. The molecule has 5 heteroatoms. The Morgan fingerprint density at radius 3 is 3.06 bits per heavy atom. The molecular formula is C12H22N4O. The van der Waals surface area contributed by atoms with Crippen LogP contribution in [0, 0.1) is 5.92 Å². The van der Waals surface area contributed by atoms with Crippen molar-refractivity contribution in [3.63, 3.8) is 0 Å². The zero-order chi connectivity index (χ0) is 12.3. The molecule has 1 aromatic heterocycles. The molecule has 1 aliphatic rings. The van der Waals surface area contributed by atoms with Gasteiger partial charge in [0, 0.05) is 19.0 Å². The topological polar surface area (TPSA) is 68.2 Å². The maximum absolute atomic E-state index is 6.07. The molecule has 96 valence electrons.